The Morgan fingerprint density at radius 3 is 2.47 bits per heavy atom. The molecule has 0 saturated carbocycles. The van der Waals surface area contributed by atoms with Gasteiger partial charge < -0.3 is 0 Å². The minimum Gasteiger partial charge on any atom is -0.292 e. The minimum atomic E-state index is -0.185. The zero-order valence-electron chi connectivity index (χ0n) is 10.9. The normalized spacial score (nSPS) is 17.1. The van der Waals surface area contributed by atoms with Gasteiger partial charge >= 0.3 is 0 Å². The molecular formula is C16H19ClFN. The van der Waals surface area contributed by atoms with Gasteiger partial charge in [0.05, 0.1) is 6.54 Å². The smallest absolute Gasteiger partial charge is 0.123 e. The Morgan fingerprint density at radius 1 is 1.26 bits per heavy atom. The number of nitrogens with zero attached hydrogens (tertiary/aromatic N) is 1. The molecule has 0 radical (unpaired) electrons. The molecule has 3 heteroatoms. The summed E-state index contributed by atoms with van der Waals surface area (Å²) in [5.41, 5.74) is 1.06. The van der Waals surface area contributed by atoms with E-state index < -0.39 is 0 Å². The summed E-state index contributed by atoms with van der Waals surface area (Å²) in [5.74, 6) is 3.12. The van der Waals surface area contributed by atoms with E-state index in [4.69, 9.17) is 6.42 Å². The maximum absolute atomic E-state index is 12.8. The summed E-state index contributed by atoms with van der Waals surface area (Å²) >= 11 is 0. The van der Waals surface area contributed by atoms with Crippen molar-refractivity contribution < 1.29 is 4.39 Å². The van der Waals surface area contributed by atoms with Gasteiger partial charge in [-0.2, -0.15) is 0 Å². The highest BCUT2D eigenvalue weighted by molar-refractivity contribution is 5.85. The third-order valence-electron chi connectivity index (χ3n) is 3.38. The molecule has 1 saturated heterocycles. The molecule has 0 atom stereocenters. The van der Waals surface area contributed by atoms with Crippen LogP contribution in [0.5, 0.6) is 0 Å². The Balaban J connectivity index is 0.00000180. The Bertz CT molecular complexity index is 439. The van der Waals surface area contributed by atoms with Crippen molar-refractivity contribution in [2.45, 2.75) is 12.8 Å². The van der Waals surface area contributed by atoms with Crippen molar-refractivity contribution in [3.63, 3.8) is 0 Å². The summed E-state index contributed by atoms with van der Waals surface area (Å²) in [6.45, 7) is 2.90. The zero-order valence-corrected chi connectivity index (χ0v) is 11.7. The fourth-order valence-corrected chi connectivity index (χ4v) is 2.25. The van der Waals surface area contributed by atoms with Gasteiger partial charge in [0.2, 0.25) is 0 Å². The third-order valence-corrected chi connectivity index (χ3v) is 3.38. The molecule has 1 aromatic rings. The summed E-state index contributed by atoms with van der Waals surface area (Å²) in [5, 5.41) is 0. The first-order valence-electron chi connectivity index (χ1n) is 6.37. The van der Waals surface area contributed by atoms with Crippen molar-refractivity contribution in [2.24, 2.45) is 5.92 Å². The van der Waals surface area contributed by atoms with Crippen LogP contribution in [-0.4, -0.2) is 24.5 Å². The number of rotatable bonds is 3. The van der Waals surface area contributed by atoms with E-state index in [2.05, 4.69) is 23.0 Å². The molecule has 0 amide bonds. The van der Waals surface area contributed by atoms with Crippen molar-refractivity contribution in [2.75, 3.05) is 19.6 Å². The predicted molar refractivity (Wildman–Crippen MR) is 80.7 cm³/mol. The molecule has 1 aromatic carbocycles. The molecule has 1 aliphatic rings. The van der Waals surface area contributed by atoms with E-state index in [1.54, 1.807) is 12.1 Å². The highest BCUT2D eigenvalue weighted by Gasteiger charge is 2.15. The maximum atomic E-state index is 12.8. The van der Waals surface area contributed by atoms with Gasteiger partial charge in [-0.3, -0.25) is 4.90 Å². The first-order valence-corrected chi connectivity index (χ1v) is 6.37. The van der Waals surface area contributed by atoms with Crippen LogP contribution >= 0.6 is 12.4 Å². The summed E-state index contributed by atoms with van der Waals surface area (Å²) in [7, 11) is 0. The number of halogens is 2. The van der Waals surface area contributed by atoms with Crippen LogP contribution in [-0.2, 0) is 0 Å². The first-order chi connectivity index (χ1) is 8.78. The monoisotopic (exact) mass is 279 g/mol. The molecule has 0 unspecified atom stereocenters. The van der Waals surface area contributed by atoms with E-state index in [1.165, 1.54) is 12.1 Å². The van der Waals surface area contributed by atoms with E-state index in [0.29, 0.717) is 5.92 Å². The second kappa shape index (κ2) is 7.99. The van der Waals surface area contributed by atoms with E-state index in [0.717, 1.165) is 38.0 Å². The molecule has 1 nitrogen and oxygen atoms in total. The second-order valence-corrected chi connectivity index (χ2v) is 4.73. The Kier molecular flexibility index (Phi) is 6.62. The summed E-state index contributed by atoms with van der Waals surface area (Å²) in [4.78, 5) is 2.31. The molecule has 19 heavy (non-hydrogen) atoms. The van der Waals surface area contributed by atoms with Gasteiger partial charge in [0, 0.05) is 0 Å². The molecule has 1 heterocycles. The lowest BCUT2D eigenvalue weighted by Gasteiger charge is -2.28. The Labute approximate surface area is 120 Å². The van der Waals surface area contributed by atoms with E-state index in [-0.39, 0.29) is 18.2 Å². The van der Waals surface area contributed by atoms with Crippen LogP contribution in [0.2, 0.25) is 0 Å². The maximum Gasteiger partial charge on any atom is 0.123 e. The van der Waals surface area contributed by atoms with E-state index in [9.17, 15) is 4.39 Å². The van der Waals surface area contributed by atoms with E-state index in [1.807, 2.05) is 0 Å². The van der Waals surface area contributed by atoms with Crippen LogP contribution in [0.4, 0.5) is 4.39 Å². The lowest BCUT2D eigenvalue weighted by Crippen LogP contribution is -2.33. The Morgan fingerprint density at radius 2 is 1.89 bits per heavy atom. The van der Waals surface area contributed by atoms with Gasteiger partial charge in [0.25, 0.3) is 0 Å². The highest BCUT2D eigenvalue weighted by atomic mass is 35.5. The number of likely N-dealkylation sites (tertiary alicyclic amines) is 1. The van der Waals surface area contributed by atoms with Crippen molar-refractivity contribution >= 4 is 18.5 Å². The molecular weight excluding hydrogens is 261 g/mol. The van der Waals surface area contributed by atoms with Crippen LogP contribution < -0.4 is 0 Å². The molecule has 2 rings (SSSR count). The molecule has 0 aromatic heterocycles. The number of allylic oxidation sites excluding steroid dienone is 1. The summed E-state index contributed by atoms with van der Waals surface area (Å²) in [6, 6.07) is 6.60. The molecule has 0 aliphatic carbocycles. The third kappa shape index (κ3) is 5.06. The zero-order chi connectivity index (χ0) is 12.8. The number of piperidine rings is 1. The van der Waals surface area contributed by atoms with Crippen molar-refractivity contribution in [1.29, 1.82) is 0 Å². The minimum absolute atomic E-state index is 0. The molecule has 1 fully saturated rings. The van der Waals surface area contributed by atoms with Gasteiger partial charge in [0.15, 0.2) is 0 Å². The fraction of sp³-hybridized carbons (Fsp3) is 0.375. The topological polar surface area (TPSA) is 3.24 Å². The molecule has 102 valence electrons. The van der Waals surface area contributed by atoms with Crippen LogP contribution in [0.25, 0.3) is 6.08 Å². The molecule has 0 bridgehead atoms. The average molecular weight is 280 g/mol. The summed E-state index contributed by atoms with van der Waals surface area (Å²) in [6.07, 6.45) is 11.9. The standard InChI is InChI=1S/C16H18FN.ClH/c1-2-11-18-12-9-15(10-13-18)4-3-14-5-7-16(17)8-6-14;/h1,3-8,15H,9-13H2;1H/b4-3-;. The van der Waals surface area contributed by atoms with Crippen LogP contribution in [0.3, 0.4) is 0 Å². The van der Waals surface area contributed by atoms with Crippen LogP contribution in [0.1, 0.15) is 18.4 Å². The van der Waals surface area contributed by atoms with Gasteiger partial charge in [0.1, 0.15) is 5.82 Å². The van der Waals surface area contributed by atoms with Crippen LogP contribution in [0.15, 0.2) is 30.3 Å². The van der Waals surface area contributed by atoms with Crippen molar-refractivity contribution in [3.8, 4) is 12.3 Å². The summed E-state index contributed by atoms with van der Waals surface area (Å²) < 4.78 is 12.8. The van der Waals surface area contributed by atoms with Gasteiger partial charge in [-0.1, -0.05) is 30.2 Å². The Hall–Kier alpha value is -1.30. The SMILES string of the molecule is C#CCN1CCC(/C=C\c2ccc(F)cc2)CC1.Cl. The number of terminal acetylenes is 1. The van der Waals surface area contributed by atoms with Gasteiger partial charge in [-0.05, 0) is 49.5 Å². The average Bonchev–Trinajstić information content (AvgIpc) is 2.40. The van der Waals surface area contributed by atoms with E-state index >= 15 is 0 Å². The lowest BCUT2D eigenvalue weighted by atomic mass is 9.95. The quantitative estimate of drug-likeness (QED) is 0.764. The first kappa shape index (κ1) is 15.8. The number of benzene rings is 1. The van der Waals surface area contributed by atoms with Crippen molar-refractivity contribution in [1.82, 2.24) is 4.90 Å². The van der Waals surface area contributed by atoms with Crippen LogP contribution in [0, 0.1) is 24.1 Å². The number of hydrogen-bond acceptors (Lipinski definition) is 1. The lowest BCUT2D eigenvalue weighted by molar-refractivity contribution is 0.226. The molecule has 0 N–H and O–H groups in total. The predicted octanol–water partition coefficient (Wildman–Crippen LogP) is 3.61. The second-order valence-electron chi connectivity index (χ2n) is 4.73. The molecule has 0 spiro atoms. The fourth-order valence-electron chi connectivity index (χ4n) is 2.25. The molecule has 1 aliphatic heterocycles. The highest BCUT2D eigenvalue weighted by Crippen LogP contribution is 2.19. The van der Waals surface area contributed by atoms with Gasteiger partial charge in [-0.25, -0.2) is 4.39 Å². The number of hydrogen-bond donors (Lipinski definition) is 0. The largest absolute Gasteiger partial charge is 0.292 e. The van der Waals surface area contributed by atoms with Crippen molar-refractivity contribution in [3.05, 3.63) is 41.7 Å². The van der Waals surface area contributed by atoms with Gasteiger partial charge in [-0.15, -0.1) is 18.8 Å².